The average Bonchev–Trinajstić information content (AvgIpc) is 2.96. The molecule has 5 heteroatoms. The lowest BCUT2D eigenvalue weighted by atomic mass is 10.0. The van der Waals surface area contributed by atoms with Gasteiger partial charge in [-0.25, -0.2) is 0 Å². The Morgan fingerprint density at radius 3 is 1.10 bits per heavy atom. The first-order valence-electron chi connectivity index (χ1n) is 17.5. The van der Waals surface area contributed by atoms with E-state index in [0.717, 1.165) is 25.7 Å². The third-order valence-corrected chi connectivity index (χ3v) is 8.21. The molecule has 0 aromatic carbocycles. The Bertz CT molecular complexity index is 539. The van der Waals surface area contributed by atoms with Crippen molar-refractivity contribution in [2.24, 2.45) is 0 Å². The molecule has 0 radical (unpaired) electrons. The van der Waals surface area contributed by atoms with Gasteiger partial charge in [-0.05, 0) is 12.8 Å². The first-order valence-corrected chi connectivity index (χ1v) is 18.1. The minimum atomic E-state index is -0.549. The molecule has 0 heterocycles. The Labute approximate surface area is 254 Å². The van der Waals surface area contributed by atoms with Crippen molar-refractivity contribution in [3.8, 4) is 0 Å². The van der Waals surface area contributed by atoms with Gasteiger partial charge in [0.25, 0.3) is 0 Å². The maximum atomic E-state index is 12.1. The summed E-state index contributed by atoms with van der Waals surface area (Å²) in [5.41, 5.74) is 0. The zero-order chi connectivity index (χ0) is 29.4. The van der Waals surface area contributed by atoms with E-state index in [9.17, 15) is 9.59 Å². The van der Waals surface area contributed by atoms with Gasteiger partial charge in [0.15, 0.2) is 0 Å². The van der Waals surface area contributed by atoms with Crippen molar-refractivity contribution < 1.29 is 19.1 Å². The number of carbonyl (C=O) groups is 2. The number of carbonyl (C=O) groups excluding carboxylic acids is 2. The van der Waals surface area contributed by atoms with Crippen LogP contribution in [0.4, 0.5) is 0 Å². The highest BCUT2D eigenvalue weighted by atomic mass is 35.5. The summed E-state index contributed by atoms with van der Waals surface area (Å²) in [5.74, 6) is -0.303. The van der Waals surface area contributed by atoms with E-state index in [1.165, 1.54) is 141 Å². The Kier molecular flexibility index (Phi) is 32.1. The molecule has 0 aliphatic carbocycles. The molecule has 0 fully saturated rings. The largest absolute Gasteiger partial charge is 0.462 e. The average molecular weight is 587 g/mol. The van der Waals surface area contributed by atoms with Crippen molar-refractivity contribution >= 4 is 23.5 Å². The van der Waals surface area contributed by atoms with Gasteiger partial charge in [0.2, 0.25) is 0 Å². The molecule has 0 amide bonds. The number of halogens is 1. The lowest BCUT2D eigenvalue weighted by molar-refractivity contribution is -0.157. The smallest absolute Gasteiger partial charge is 0.306 e. The van der Waals surface area contributed by atoms with E-state index in [4.69, 9.17) is 21.1 Å². The SMILES string of the molecule is CCCCCCCCCCCCCCCC(=O)OC[C@@H](CCl)OC(=O)CCCCCCCCCCCCCCC. The number of hydrogen-bond acceptors (Lipinski definition) is 4. The predicted molar refractivity (Wildman–Crippen MR) is 172 cm³/mol. The zero-order valence-electron chi connectivity index (χ0n) is 26.8. The molecule has 0 unspecified atom stereocenters. The maximum Gasteiger partial charge on any atom is 0.306 e. The summed E-state index contributed by atoms with van der Waals surface area (Å²) >= 11 is 5.95. The van der Waals surface area contributed by atoms with Gasteiger partial charge >= 0.3 is 11.9 Å². The van der Waals surface area contributed by atoms with Gasteiger partial charge in [0.05, 0.1) is 5.88 Å². The van der Waals surface area contributed by atoms with Crippen molar-refractivity contribution in [3.63, 3.8) is 0 Å². The van der Waals surface area contributed by atoms with Crippen LogP contribution in [-0.2, 0) is 19.1 Å². The van der Waals surface area contributed by atoms with Crippen LogP contribution in [0.25, 0.3) is 0 Å². The fourth-order valence-corrected chi connectivity index (χ4v) is 5.34. The van der Waals surface area contributed by atoms with Crippen LogP contribution in [0, 0.1) is 0 Å². The quantitative estimate of drug-likeness (QED) is 0.0446. The summed E-state index contributed by atoms with van der Waals surface area (Å²) in [5, 5.41) is 0. The normalized spacial score (nSPS) is 12.0. The van der Waals surface area contributed by atoms with E-state index in [-0.39, 0.29) is 24.4 Å². The second-order valence-corrected chi connectivity index (χ2v) is 12.2. The first-order chi connectivity index (χ1) is 19.6. The Hall–Kier alpha value is -0.770. The van der Waals surface area contributed by atoms with E-state index in [1.54, 1.807) is 0 Å². The van der Waals surface area contributed by atoms with Crippen LogP contribution in [0.2, 0.25) is 0 Å². The van der Waals surface area contributed by atoms with Crippen LogP contribution in [0.15, 0.2) is 0 Å². The highest BCUT2D eigenvalue weighted by Crippen LogP contribution is 2.15. The second kappa shape index (κ2) is 32.7. The molecule has 1 atom stereocenters. The van der Waals surface area contributed by atoms with Crippen LogP contribution in [0.1, 0.15) is 194 Å². The molecule has 0 saturated carbocycles. The van der Waals surface area contributed by atoms with E-state index < -0.39 is 6.10 Å². The standard InChI is InChI=1S/C35H67ClO4/c1-3-5-7-9-11-13-15-17-19-21-23-25-27-29-34(37)39-32-33(31-36)40-35(38)30-28-26-24-22-20-18-16-14-12-10-8-6-4-2/h33H,3-32H2,1-2H3/t33-/m1/s1. The monoisotopic (exact) mass is 586 g/mol. The van der Waals surface area contributed by atoms with E-state index in [2.05, 4.69) is 13.8 Å². The van der Waals surface area contributed by atoms with Crippen molar-refractivity contribution in [1.29, 1.82) is 0 Å². The Balaban J connectivity index is 3.53. The van der Waals surface area contributed by atoms with Gasteiger partial charge in [-0.2, -0.15) is 0 Å². The van der Waals surface area contributed by atoms with Crippen LogP contribution in [-0.4, -0.2) is 30.5 Å². The van der Waals surface area contributed by atoms with Gasteiger partial charge in [-0.15, -0.1) is 11.6 Å². The fraction of sp³-hybridized carbons (Fsp3) is 0.943. The Morgan fingerprint density at radius 1 is 0.475 bits per heavy atom. The van der Waals surface area contributed by atoms with Crippen LogP contribution in [0.5, 0.6) is 0 Å². The summed E-state index contributed by atoms with van der Waals surface area (Å²) in [4.78, 5) is 24.2. The third kappa shape index (κ3) is 30.2. The van der Waals surface area contributed by atoms with E-state index >= 15 is 0 Å². The minimum Gasteiger partial charge on any atom is -0.462 e. The van der Waals surface area contributed by atoms with E-state index in [0.29, 0.717) is 12.8 Å². The molecule has 0 spiro atoms. The fourth-order valence-electron chi connectivity index (χ4n) is 5.19. The third-order valence-electron chi connectivity index (χ3n) is 7.87. The molecule has 0 aromatic heterocycles. The molecule has 40 heavy (non-hydrogen) atoms. The molecule has 4 nitrogen and oxygen atoms in total. The number of rotatable bonds is 32. The molecular formula is C35H67ClO4. The van der Waals surface area contributed by atoms with Crippen molar-refractivity contribution in [2.75, 3.05) is 12.5 Å². The van der Waals surface area contributed by atoms with Gasteiger partial charge < -0.3 is 9.47 Å². The molecule has 0 aromatic rings. The maximum absolute atomic E-state index is 12.1. The lowest BCUT2D eigenvalue weighted by Gasteiger charge is -2.15. The lowest BCUT2D eigenvalue weighted by Crippen LogP contribution is -2.26. The summed E-state index contributed by atoms with van der Waals surface area (Å²) in [7, 11) is 0. The van der Waals surface area contributed by atoms with Crippen LogP contribution < -0.4 is 0 Å². The van der Waals surface area contributed by atoms with Gasteiger partial charge in [-0.1, -0.05) is 168 Å². The minimum absolute atomic E-state index is 0.0606. The molecule has 0 rings (SSSR count). The molecule has 0 aliphatic heterocycles. The molecule has 238 valence electrons. The molecule has 0 N–H and O–H groups in total. The summed E-state index contributed by atoms with van der Waals surface area (Å²) in [6.45, 7) is 4.59. The number of unbranched alkanes of at least 4 members (excludes halogenated alkanes) is 24. The molecule has 0 aliphatic rings. The predicted octanol–water partition coefficient (Wildman–Crippen LogP) is 11.6. The van der Waals surface area contributed by atoms with E-state index in [1.807, 2.05) is 0 Å². The highest BCUT2D eigenvalue weighted by Gasteiger charge is 2.16. The van der Waals surface area contributed by atoms with Crippen molar-refractivity contribution in [2.45, 2.75) is 200 Å². The zero-order valence-corrected chi connectivity index (χ0v) is 27.6. The first kappa shape index (κ1) is 39.2. The number of ether oxygens (including phenoxy) is 2. The summed E-state index contributed by atoms with van der Waals surface area (Å²) < 4.78 is 10.8. The number of hydrogen-bond donors (Lipinski definition) is 0. The van der Waals surface area contributed by atoms with Crippen molar-refractivity contribution in [1.82, 2.24) is 0 Å². The number of esters is 2. The molecular weight excluding hydrogens is 520 g/mol. The van der Waals surface area contributed by atoms with Gasteiger partial charge in [-0.3, -0.25) is 9.59 Å². The van der Waals surface area contributed by atoms with Crippen LogP contribution >= 0.6 is 11.6 Å². The molecule has 0 saturated heterocycles. The topological polar surface area (TPSA) is 52.6 Å². The van der Waals surface area contributed by atoms with Crippen LogP contribution in [0.3, 0.4) is 0 Å². The highest BCUT2D eigenvalue weighted by molar-refractivity contribution is 6.18. The summed E-state index contributed by atoms with van der Waals surface area (Å²) in [6.07, 6.45) is 33.6. The van der Waals surface area contributed by atoms with Gasteiger partial charge in [0.1, 0.15) is 12.7 Å². The Morgan fingerprint density at radius 2 is 0.775 bits per heavy atom. The van der Waals surface area contributed by atoms with Gasteiger partial charge in [0, 0.05) is 12.8 Å². The number of alkyl halides is 1. The molecule has 0 bridgehead atoms. The second-order valence-electron chi connectivity index (χ2n) is 11.9. The summed E-state index contributed by atoms with van der Waals surface area (Å²) in [6, 6.07) is 0. The van der Waals surface area contributed by atoms with Crippen molar-refractivity contribution in [3.05, 3.63) is 0 Å².